The van der Waals surface area contributed by atoms with Gasteiger partial charge in [-0.3, -0.25) is 24.8 Å². The van der Waals surface area contributed by atoms with Crippen molar-refractivity contribution in [3.8, 4) is 0 Å². The van der Waals surface area contributed by atoms with Crippen LogP contribution >= 0.6 is 0 Å². The van der Waals surface area contributed by atoms with Crippen LogP contribution < -0.4 is 10.6 Å². The zero-order chi connectivity index (χ0) is 17.6. The van der Waals surface area contributed by atoms with E-state index in [9.17, 15) is 14.4 Å². The fourth-order valence-electron chi connectivity index (χ4n) is 3.19. The van der Waals surface area contributed by atoms with Crippen LogP contribution in [-0.2, 0) is 16.1 Å². The molecule has 0 aromatic carbocycles. The van der Waals surface area contributed by atoms with Crippen molar-refractivity contribution >= 4 is 17.8 Å². The van der Waals surface area contributed by atoms with Gasteiger partial charge < -0.3 is 10.2 Å². The minimum Gasteiger partial charge on any atom is -0.341 e. The van der Waals surface area contributed by atoms with Gasteiger partial charge in [0, 0.05) is 45.3 Å². The zero-order valence-electron chi connectivity index (χ0n) is 14.1. The number of imide groups is 1. The van der Waals surface area contributed by atoms with Crippen molar-refractivity contribution < 1.29 is 14.4 Å². The topological polar surface area (TPSA) is 94.6 Å². The summed E-state index contributed by atoms with van der Waals surface area (Å²) in [5.74, 6) is -0.316. The van der Waals surface area contributed by atoms with Crippen LogP contribution in [0.4, 0.5) is 4.79 Å². The van der Waals surface area contributed by atoms with Crippen LogP contribution in [0.1, 0.15) is 25.0 Å². The Morgan fingerprint density at radius 2 is 2.08 bits per heavy atom. The number of pyridine rings is 1. The van der Waals surface area contributed by atoms with E-state index < -0.39 is 12.1 Å². The van der Waals surface area contributed by atoms with Gasteiger partial charge >= 0.3 is 6.03 Å². The van der Waals surface area contributed by atoms with Crippen molar-refractivity contribution in [1.29, 1.82) is 0 Å². The molecule has 1 unspecified atom stereocenters. The fraction of sp³-hybridized carbons (Fsp3) is 0.529. The average Bonchev–Trinajstić information content (AvgIpc) is 2.79. The number of carbonyl (C=O) groups is 3. The van der Waals surface area contributed by atoms with Gasteiger partial charge in [0.15, 0.2) is 0 Å². The lowest BCUT2D eigenvalue weighted by Crippen LogP contribution is -2.37. The normalized spacial score (nSPS) is 21.6. The third-order valence-electron chi connectivity index (χ3n) is 4.56. The maximum absolute atomic E-state index is 12.4. The Morgan fingerprint density at radius 3 is 2.80 bits per heavy atom. The van der Waals surface area contributed by atoms with Crippen molar-refractivity contribution in [2.45, 2.75) is 31.8 Å². The van der Waals surface area contributed by atoms with E-state index in [4.69, 9.17) is 0 Å². The van der Waals surface area contributed by atoms with E-state index in [2.05, 4.69) is 20.5 Å². The van der Waals surface area contributed by atoms with Crippen LogP contribution in [0.3, 0.4) is 0 Å². The van der Waals surface area contributed by atoms with Gasteiger partial charge in [0.25, 0.3) is 5.91 Å². The van der Waals surface area contributed by atoms with Crippen LogP contribution in [0, 0.1) is 0 Å². The van der Waals surface area contributed by atoms with Gasteiger partial charge in [0.1, 0.15) is 6.04 Å². The summed E-state index contributed by atoms with van der Waals surface area (Å²) in [4.78, 5) is 43.5. The number of hydrogen-bond acceptors (Lipinski definition) is 5. The molecule has 1 aromatic rings. The first kappa shape index (κ1) is 17.3. The second kappa shape index (κ2) is 8.06. The molecule has 4 amide bonds. The first-order valence-corrected chi connectivity index (χ1v) is 8.63. The summed E-state index contributed by atoms with van der Waals surface area (Å²) in [7, 11) is 0. The maximum atomic E-state index is 12.4. The van der Waals surface area contributed by atoms with Crippen molar-refractivity contribution in [2.75, 3.05) is 26.2 Å². The SMILES string of the molecule is O=C1NC(=O)C(CCC(=O)N2CCCN(Cc3ccccn3)CC2)N1. The minimum absolute atomic E-state index is 0.0358. The molecule has 3 rings (SSSR count). The molecule has 1 aromatic heterocycles. The Bertz CT molecular complexity index is 636. The monoisotopic (exact) mass is 345 g/mol. The molecule has 2 aliphatic heterocycles. The third-order valence-corrected chi connectivity index (χ3v) is 4.56. The van der Waals surface area contributed by atoms with Crippen molar-refractivity contribution in [3.05, 3.63) is 30.1 Å². The highest BCUT2D eigenvalue weighted by Gasteiger charge is 2.30. The minimum atomic E-state index is -0.593. The van der Waals surface area contributed by atoms with Crippen LogP contribution in [0.15, 0.2) is 24.4 Å². The second-order valence-electron chi connectivity index (χ2n) is 6.39. The van der Waals surface area contributed by atoms with Gasteiger partial charge in [-0.25, -0.2) is 4.79 Å². The number of carbonyl (C=O) groups excluding carboxylic acids is 3. The van der Waals surface area contributed by atoms with Crippen LogP contribution in [0.5, 0.6) is 0 Å². The van der Waals surface area contributed by atoms with Crippen molar-refractivity contribution in [1.82, 2.24) is 25.4 Å². The predicted octanol–water partition coefficient (Wildman–Crippen LogP) is 0.104. The Kier molecular flexibility index (Phi) is 5.60. The number of nitrogens with zero attached hydrogens (tertiary/aromatic N) is 3. The van der Waals surface area contributed by atoms with E-state index in [1.807, 2.05) is 23.1 Å². The highest BCUT2D eigenvalue weighted by Crippen LogP contribution is 2.10. The van der Waals surface area contributed by atoms with E-state index >= 15 is 0 Å². The summed E-state index contributed by atoms with van der Waals surface area (Å²) in [6, 6.07) is 4.81. The van der Waals surface area contributed by atoms with Crippen molar-refractivity contribution in [3.63, 3.8) is 0 Å². The number of nitrogens with one attached hydrogen (secondary N) is 2. The number of rotatable bonds is 5. The van der Waals surface area contributed by atoms with Gasteiger partial charge in [-0.15, -0.1) is 0 Å². The molecular formula is C17H23N5O3. The van der Waals surface area contributed by atoms with E-state index in [0.29, 0.717) is 13.0 Å². The molecule has 134 valence electrons. The number of hydrogen-bond donors (Lipinski definition) is 2. The standard InChI is InChI=1S/C17H23N5O3/c23-15(6-5-14-16(24)20-17(25)19-14)22-9-3-8-21(10-11-22)12-13-4-1-2-7-18-13/h1-2,4,7,14H,3,5-6,8-12H2,(H2,19,20,24,25). The molecule has 3 heterocycles. The highest BCUT2D eigenvalue weighted by molar-refractivity contribution is 6.04. The first-order chi connectivity index (χ1) is 12.1. The predicted molar refractivity (Wildman–Crippen MR) is 90.4 cm³/mol. The molecule has 0 aliphatic carbocycles. The van der Waals surface area contributed by atoms with Gasteiger partial charge in [-0.1, -0.05) is 6.07 Å². The Hall–Kier alpha value is -2.48. The van der Waals surface area contributed by atoms with Gasteiger partial charge in [0.2, 0.25) is 5.91 Å². The first-order valence-electron chi connectivity index (χ1n) is 8.63. The Labute approximate surface area is 146 Å². The third kappa shape index (κ3) is 4.76. The van der Waals surface area contributed by atoms with Crippen molar-refractivity contribution in [2.24, 2.45) is 0 Å². The quantitative estimate of drug-likeness (QED) is 0.739. The van der Waals surface area contributed by atoms with Crippen LogP contribution in [0.25, 0.3) is 0 Å². The lowest BCUT2D eigenvalue weighted by Gasteiger charge is -2.22. The molecule has 1 atom stereocenters. The molecule has 0 radical (unpaired) electrons. The second-order valence-corrected chi connectivity index (χ2v) is 6.39. The van der Waals surface area contributed by atoms with E-state index in [1.165, 1.54) is 0 Å². The summed E-state index contributed by atoms with van der Waals surface area (Å²) in [5, 5.41) is 4.71. The smallest absolute Gasteiger partial charge is 0.322 e. The molecule has 25 heavy (non-hydrogen) atoms. The summed E-state index contributed by atoms with van der Waals surface area (Å²) >= 11 is 0. The summed E-state index contributed by atoms with van der Waals surface area (Å²) < 4.78 is 0. The number of amides is 4. The van der Waals surface area contributed by atoms with Gasteiger partial charge in [0.05, 0.1) is 5.69 Å². The molecular weight excluding hydrogens is 322 g/mol. The van der Waals surface area contributed by atoms with E-state index in [1.54, 1.807) is 6.20 Å². The van der Waals surface area contributed by atoms with Crippen LogP contribution in [0.2, 0.25) is 0 Å². The zero-order valence-corrected chi connectivity index (χ0v) is 14.1. The molecule has 2 fully saturated rings. The molecule has 2 saturated heterocycles. The van der Waals surface area contributed by atoms with E-state index in [-0.39, 0.29) is 18.2 Å². The lowest BCUT2D eigenvalue weighted by atomic mass is 10.1. The van der Waals surface area contributed by atoms with Gasteiger partial charge in [-0.05, 0) is 25.0 Å². The molecule has 0 saturated carbocycles. The maximum Gasteiger partial charge on any atom is 0.322 e. The molecule has 8 nitrogen and oxygen atoms in total. The number of aromatic nitrogens is 1. The molecule has 2 N–H and O–H groups in total. The number of urea groups is 1. The molecule has 2 aliphatic rings. The summed E-state index contributed by atoms with van der Waals surface area (Å²) in [6.45, 7) is 3.93. The molecule has 8 heteroatoms. The van der Waals surface area contributed by atoms with E-state index in [0.717, 1.165) is 38.3 Å². The summed E-state index contributed by atoms with van der Waals surface area (Å²) in [6.07, 6.45) is 3.31. The fourth-order valence-corrected chi connectivity index (χ4v) is 3.19. The largest absolute Gasteiger partial charge is 0.341 e. The molecule has 0 spiro atoms. The highest BCUT2D eigenvalue weighted by atomic mass is 16.2. The lowest BCUT2D eigenvalue weighted by molar-refractivity contribution is -0.131. The Morgan fingerprint density at radius 1 is 1.20 bits per heavy atom. The summed E-state index contributed by atoms with van der Waals surface area (Å²) in [5.41, 5.74) is 1.03. The van der Waals surface area contributed by atoms with Crippen LogP contribution in [-0.4, -0.2) is 64.9 Å². The Balaban J connectivity index is 1.45. The average molecular weight is 345 g/mol. The van der Waals surface area contributed by atoms with Gasteiger partial charge in [-0.2, -0.15) is 0 Å². The molecule has 0 bridgehead atoms.